The second-order valence-electron chi connectivity index (χ2n) is 4.50. The molecule has 1 aliphatic heterocycles. The first-order chi connectivity index (χ1) is 9.26. The van der Waals surface area contributed by atoms with E-state index in [9.17, 15) is 16.8 Å². The van der Waals surface area contributed by atoms with Crippen LogP contribution in [0.15, 0.2) is 34.1 Å². The number of sulfonamides is 2. The lowest BCUT2D eigenvalue weighted by molar-refractivity contribution is 0.115. The van der Waals surface area contributed by atoms with Crippen LogP contribution in [0.3, 0.4) is 0 Å². The maximum absolute atomic E-state index is 12.5. The molecule has 1 fully saturated rings. The number of methoxy groups -OCH3 is 1. The van der Waals surface area contributed by atoms with Gasteiger partial charge < -0.3 is 4.74 Å². The molecule has 0 aromatic heterocycles. The zero-order valence-corrected chi connectivity index (χ0v) is 12.5. The highest BCUT2D eigenvalue weighted by atomic mass is 32.2. The lowest BCUT2D eigenvalue weighted by Gasteiger charge is -2.17. The van der Waals surface area contributed by atoms with Gasteiger partial charge in [0.2, 0.25) is 20.0 Å². The van der Waals surface area contributed by atoms with Gasteiger partial charge in [-0.05, 0) is 18.6 Å². The topological polar surface area (TPSA) is 107 Å². The summed E-state index contributed by atoms with van der Waals surface area (Å²) >= 11 is 0. The third-order valence-electron chi connectivity index (χ3n) is 3.21. The largest absolute Gasteiger partial charge is 0.380 e. The van der Waals surface area contributed by atoms with Crippen LogP contribution in [0.4, 0.5) is 0 Å². The van der Waals surface area contributed by atoms with Gasteiger partial charge in [0.15, 0.2) is 0 Å². The predicted octanol–water partition coefficient (Wildman–Crippen LogP) is -0.257. The van der Waals surface area contributed by atoms with Gasteiger partial charge in [-0.3, -0.25) is 0 Å². The Bertz CT molecular complexity index is 699. The molecule has 1 saturated heterocycles. The summed E-state index contributed by atoms with van der Waals surface area (Å²) in [4.78, 5) is -0.680. The van der Waals surface area contributed by atoms with Crippen LogP contribution in [-0.2, 0) is 24.8 Å². The predicted molar refractivity (Wildman–Crippen MR) is 72.0 cm³/mol. The van der Waals surface area contributed by atoms with Crippen molar-refractivity contribution in [3.05, 3.63) is 24.3 Å². The van der Waals surface area contributed by atoms with Gasteiger partial charge in [0.25, 0.3) is 0 Å². The molecule has 1 aromatic carbocycles. The molecule has 0 spiro atoms. The van der Waals surface area contributed by atoms with E-state index in [1.165, 1.54) is 35.7 Å². The summed E-state index contributed by atoms with van der Waals surface area (Å²) in [5.41, 5.74) is 0. The molecule has 7 nitrogen and oxygen atoms in total. The first kappa shape index (κ1) is 15.4. The van der Waals surface area contributed by atoms with Crippen LogP contribution in [0.5, 0.6) is 0 Å². The van der Waals surface area contributed by atoms with Crippen molar-refractivity contribution in [3.63, 3.8) is 0 Å². The van der Waals surface area contributed by atoms with Crippen LogP contribution in [-0.4, -0.2) is 47.4 Å². The van der Waals surface area contributed by atoms with E-state index in [0.29, 0.717) is 13.0 Å². The van der Waals surface area contributed by atoms with Crippen LogP contribution >= 0.6 is 0 Å². The average molecular weight is 320 g/mol. The summed E-state index contributed by atoms with van der Waals surface area (Å²) in [6, 6.07) is 5.33. The second kappa shape index (κ2) is 5.41. The molecule has 0 saturated carbocycles. The zero-order valence-electron chi connectivity index (χ0n) is 10.9. The van der Waals surface area contributed by atoms with Gasteiger partial charge in [-0.25, -0.2) is 22.0 Å². The molecule has 1 aliphatic rings. The van der Waals surface area contributed by atoms with E-state index < -0.39 is 20.0 Å². The van der Waals surface area contributed by atoms with E-state index in [1.807, 2.05) is 0 Å². The Labute approximate surface area is 118 Å². The number of benzene rings is 1. The van der Waals surface area contributed by atoms with Crippen molar-refractivity contribution in [1.82, 2.24) is 4.31 Å². The smallest absolute Gasteiger partial charge is 0.244 e. The number of hydrogen-bond donors (Lipinski definition) is 1. The second-order valence-corrected chi connectivity index (χ2v) is 7.94. The van der Waals surface area contributed by atoms with Gasteiger partial charge in [0.05, 0.1) is 6.10 Å². The number of primary sulfonamides is 1. The molecule has 0 amide bonds. The van der Waals surface area contributed by atoms with E-state index in [0.717, 1.165) is 0 Å². The summed E-state index contributed by atoms with van der Waals surface area (Å²) in [5.74, 6) is 0. The van der Waals surface area contributed by atoms with Gasteiger partial charge in [0, 0.05) is 20.2 Å². The molecule has 0 radical (unpaired) electrons. The number of hydrogen-bond acceptors (Lipinski definition) is 5. The van der Waals surface area contributed by atoms with Gasteiger partial charge in [0.1, 0.15) is 9.79 Å². The van der Waals surface area contributed by atoms with Gasteiger partial charge in [-0.2, -0.15) is 4.31 Å². The molecule has 2 N–H and O–H groups in total. The minimum absolute atomic E-state index is 0.175. The Kier molecular flexibility index (Phi) is 4.17. The zero-order chi connectivity index (χ0) is 15.0. The van der Waals surface area contributed by atoms with Crippen molar-refractivity contribution in [1.29, 1.82) is 0 Å². The normalized spacial score (nSPS) is 21.2. The summed E-state index contributed by atoms with van der Waals surface area (Å²) in [5, 5.41) is 5.07. The van der Waals surface area contributed by atoms with E-state index in [-0.39, 0.29) is 22.4 Å². The fourth-order valence-corrected chi connectivity index (χ4v) is 4.99. The third kappa shape index (κ3) is 2.86. The van der Waals surface area contributed by atoms with Crippen LogP contribution in [0.25, 0.3) is 0 Å². The highest BCUT2D eigenvalue weighted by Crippen LogP contribution is 2.26. The number of ether oxygens (including phenoxy) is 1. The van der Waals surface area contributed by atoms with Crippen molar-refractivity contribution in [2.24, 2.45) is 5.14 Å². The Morgan fingerprint density at radius 1 is 1.20 bits per heavy atom. The maximum Gasteiger partial charge on any atom is 0.244 e. The number of nitrogens with two attached hydrogens (primary N) is 1. The highest BCUT2D eigenvalue weighted by Gasteiger charge is 2.35. The Balaban J connectivity index is 2.46. The number of nitrogens with zero attached hydrogens (tertiary/aromatic N) is 1. The SMILES string of the molecule is COC1CCN(S(=O)(=O)c2ccccc2S(N)(=O)=O)C1. The van der Waals surface area contributed by atoms with E-state index in [1.54, 1.807) is 0 Å². The third-order valence-corrected chi connectivity index (χ3v) is 6.24. The minimum atomic E-state index is -4.10. The molecule has 20 heavy (non-hydrogen) atoms. The molecule has 1 unspecified atom stereocenters. The van der Waals surface area contributed by atoms with Crippen molar-refractivity contribution >= 4 is 20.0 Å². The standard InChI is InChI=1S/C11H16N2O5S2/c1-18-9-6-7-13(8-9)20(16,17)11-5-3-2-4-10(11)19(12,14)15/h2-5,9H,6-8H2,1H3,(H2,12,14,15). The van der Waals surface area contributed by atoms with E-state index >= 15 is 0 Å². The van der Waals surface area contributed by atoms with Gasteiger partial charge in [-0.15, -0.1) is 0 Å². The highest BCUT2D eigenvalue weighted by molar-refractivity contribution is 7.92. The monoisotopic (exact) mass is 320 g/mol. The van der Waals surface area contributed by atoms with Crippen LogP contribution in [0.1, 0.15) is 6.42 Å². The first-order valence-electron chi connectivity index (χ1n) is 5.91. The average Bonchev–Trinajstić information content (AvgIpc) is 2.87. The molecule has 9 heteroatoms. The Morgan fingerprint density at radius 2 is 1.80 bits per heavy atom. The van der Waals surface area contributed by atoms with Gasteiger partial charge >= 0.3 is 0 Å². The fraction of sp³-hybridized carbons (Fsp3) is 0.455. The molecule has 2 rings (SSSR count). The Hall–Kier alpha value is -1.00. The van der Waals surface area contributed by atoms with Crippen molar-refractivity contribution in [2.75, 3.05) is 20.2 Å². The summed E-state index contributed by atoms with van der Waals surface area (Å²) in [6.45, 7) is 0.498. The molecule has 1 atom stereocenters. The molecule has 112 valence electrons. The summed E-state index contributed by atoms with van der Waals surface area (Å²) < 4.78 is 54.4. The molecule has 0 bridgehead atoms. The Morgan fingerprint density at radius 3 is 2.30 bits per heavy atom. The molecule has 1 heterocycles. The van der Waals surface area contributed by atoms with Crippen molar-refractivity contribution < 1.29 is 21.6 Å². The lowest BCUT2D eigenvalue weighted by atomic mass is 10.3. The molecular formula is C11H16N2O5S2. The summed E-state index contributed by atoms with van der Waals surface area (Å²) in [7, 11) is -6.49. The maximum atomic E-state index is 12.5. The van der Waals surface area contributed by atoms with Crippen LogP contribution in [0, 0.1) is 0 Å². The van der Waals surface area contributed by atoms with Crippen molar-refractivity contribution in [2.45, 2.75) is 22.3 Å². The molecule has 0 aliphatic carbocycles. The van der Waals surface area contributed by atoms with E-state index in [4.69, 9.17) is 9.88 Å². The summed E-state index contributed by atoms with van der Waals surface area (Å²) in [6.07, 6.45) is 0.402. The first-order valence-corrected chi connectivity index (χ1v) is 8.90. The minimum Gasteiger partial charge on any atom is -0.380 e. The lowest BCUT2D eigenvalue weighted by Crippen LogP contribution is -2.31. The van der Waals surface area contributed by atoms with Crippen LogP contribution < -0.4 is 5.14 Å². The quantitative estimate of drug-likeness (QED) is 0.823. The van der Waals surface area contributed by atoms with E-state index in [2.05, 4.69) is 0 Å². The fourth-order valence-electron chi connectivity index (χ4n) is 2.15. The van der Waals surface area contributed by atoms with Gasteiger partial charge in [-0.1, -0.05) is 12.1 Å². The molecular weight excluding hydrogens is 304 g/mol. The number of rotatable bonds is 4. The van der Waals surface area contributed by atoms with Crippen LogP contribution in [0.2, 0.25) is 0 Å². The molecule has 1 aromatic rings. The van der Waals surface area contributed by atoms with Crippen molar-refractivity contribution in [3.8, 4) is 0 Å².